The topological polar surface area (TPSA) is 20.3 Å². The quantitative estimate of drug-likeness (QED) is 0.709. The van der Waals surface area contributed by atoms with E-state index in [2.05, 4.69) is 31.9 Å². The number of halogens is 4. The van der Waals surface area contributed by atoms with Gasteiger partial charge in [0.2, 0.25) is 5.91 Å². The van der Waals surface area contributed by atoms with Crippen LogP contribution in [-0.2, 0) is 4.79 Å². The third kappa shape index (κ3) is 2.13. The van der Waals surface area contributed by atoms with Crippen LogP contribution in [0.15, 0.2) is 16.6 Å². The summed E-state index contributed by atoms with van der Waals surface area (Å²) in [5, 5.41) is 0. The number of amides is 1. The Bertz CT molecular complexity index is 429. The predicted octanol–water partition coefficient (Wildman–Crippen LogP) is 3.23. The molecule has 2 nitrogen and oxygen atoms in total. The summed E-state index contributed by atoms with van der Waals surface area (Å²) in [4.78, 5) is 12.9. The molecule has 1 atom stereocenters. The van der Waals surface area contributed by atoms with Gasteiger partial charge in [-0.15, -0.1) is 0 Å². The fourth-order valence-corrected chi connectivity index (χ4v) is 2.86. The molecule has 86 valence electrons. The second-order valence-electron chi connectivity index (χ2n) is 3.52. The largest absolute Gasteiger partial charge is 0.308 e. The zero-order valence-electron chi connectivity index (χ0n) is 8.01. The van der Waals surface area contributed by atoms with E-state index >= 15 is 0 Å². The summed E-state index contributed by atoms with van der Waals surface area (Å²) in [5.41, 5.74) is 0.105. The van der Waals surface area contributed by atoms with Gasteiger partial charge in [0.15, 0.2) is 5.82 Å². The SMILES string of the molecule is O=C1CC(Br)CN1c1c(F)cc(F)cc1Br. The van der Waals surface area contributed by atoms with Crippen LogP contribution in [0.25, 0.3) is 0 Å². The Morgan fingerprint density at radius 3 is 2.56 bits per heavy atom. The van der Waals surface area contributed by atoms with E-state index in [1.807, 2.05) is 0 Å². The summed E-state index contributed by atoms with van der Waals surface area (Å²) in [5.74, 6) is -1.58. The molecule has 0 spiro atoms. The maximum Gasteiger partial charge on any atom is 0.228 e. The molecule has 1 aromatic carbocycles. The number of carbonyl (C=O) groups excluding carboxylic acids is 1. The van der Waals surface area contributed by atoms with Gasteiger partial charge in [-0.25, -0.2) is 8.78 Å². The van der Waals surface area contributed by atoms with Gasteiger partial charge in [0.05, 0.1) is 5.69 Å². The maximum atomic E-state index is 13.6. The van der Waals surface area contributed by atoms with Crippen LogP contribution in [-0.4, -0.2) is 17.3 Å². The van der Waals surface area contributed by atoms with Gasteiger partial charge in [0, 0.05) is 28.3 Å². The van der Waals surface area contributed by atoms with Crippen molar-refractivity contribution in [2.75, 3.05) is 11.4 Å². The van der Waals surface area contributed by atoms with Crippen molar-refractivity contribution in [3.8, 4) is 0 Å². The molecule has 16 heavy (non-hydrogen) atoms. The Kier molecular flexibility index (Phi) is 3.30. The number of benzene rings is 1. The fraction of sp³-hybridized carbons (Fsp3) is 0.300. The minimum atomic E-state index is -0.734. The van der Waals surface area contributed by atoms with Crippen LogP contribution in [0.5, 0.6) is 0 Å². The number of nitrogens with zero attached hydrogens (tertiary/aromatic N) is 1. The first-order valence-corrected chi connectivity index (χ1v) is 6.29. The van der Waals surface area contributed by atoms with Crippen molar-refractivity contribution in [2.24, 2.45) is 0 Å². The molecule has 1 aliphatic heterocycles. The smallest absolute Gasteiger partial charge is 0.228 e. The highest BCUT2D eigenvalue weighted by atomic mass is 79.9. The molecule has 1 fully saturated rings. The van der Waals surface area contributed by atoms with Gasteiger partial charge in [0.1, 0.15) is 5.82 Å². The Hall–Kier alpha value is -0.490. The minimum absolute atomic E-state index is 0.0105. The van der Waals surface area contributed by atoms with Crippen molar-refractivity contribution in [3.05, 3.63) is 28.2 Å². The molecular weight excluding hydrogens is 348 g/mol. The van der Waals surface area contributed by atoms with Gasteiger partial charge in [0.25, 0.3) is 0 Å². The van der Waals surface area contributed by atoms with E-state index in [0.29, 0.717) is 13.0 Å². The first kappa shape index (κ1) is 12.0. The number of hydrogen-bond acceptors (Lipinski definition) is 1. The van der Waals surface area contributed by atoms with Crippen molar-refractivity contribution in [1.29, 1.82) is 0 Å². The average Bonchev–Trinajstić information content (AvgIpc) is 2.43. The third-order valence-corrected chi connectivity index (χ3v) is 3.55. The van der Waals surface area contributed by atoms with Gasteiger partial charge >= 0.3 is 0 Å². The van der Waals surface area contributed by atoms with E-state index in [-0.39, 0.29) is 20.9 Å². The number of hydrogen-bond donors (Lipinski definition) is 0. The first-order chi connectivity index (χ1) is 7.49. The van der Waals surface area contributed by atoms with Crippen molar-refractivity contribution in [1.82, 2.24) is 0 Å². The van der Waals surface area contributed by atoms with Gasteiger partial charge in [-0.05, 0) is 22.0 Å². The van der Waals surface area contributed by atoms with Crippen LogP contribution in [0.2, 0.25) is 0 Å². The third-order valence-electron chi connectivity index (χ3n) is 2.33. The summed E-state index contributed by atoms with van der Waals surface area (Å²) in [7, 11) is 0. The second-order valence-corrected chi connectivity index (χ2v) is 5.67. The van der Waals surface area contributed by atoms with Crippen molar-refractivity contribution >= 4 is 43.5 Å². The van der Waals surface area contributed by atoms with E-state index in [4.69, 9.17) is 0 Å². The molecule has 1 heterocycles. The second kappa shape index (κ2) is 4.41. The lowest BCUT2D eigenvalue weighted by Gasteiger charge is -2.18. The zero-order valence-corrected chi connectivity index (χ0v) is 11.2. The minimum Gasteiger partial charge on any atom is -0.308 e. The van der Waals surface area contributed by atoms with E-state index in [1.54, 1.807) is 0 Å². The van der Waals surface area contributed by atoms with Gasteiger partial charge in [-0.3, -0.25) is 4.79 Å². The monoisotopic (exact) mass is 353 g/mol. The molecule has 0 radical (unpaired) electrons. The summed E-state index contributed by atoms with van der Waals surface area (Å²) < 4.78 is 26.7. The van der Waals surface area contributed by atoms with Crippen molar-refractivity contribution < 1.29 is 13.6 Å². The summed E-state index contributed by atoms with van der Waals surface area (Å²) in [6.45, 7) is 0.389. The summed E-state index contributed by atoms with van der Waals surface area (Å²) in [6.07, 6.45) is 0.323. The molecule has 1 amide bonds. The highest BCUT2D eigenvalue weighted by molar-refractivity contribution is 9.10. The zero-order chi connectivity index (χ0) is 11.9. The van der Waals surface area contributed by atoms with Gasteiger partial charge in [-0.2, -0.15) is 0 Å². The van der Waals surface area contributed by atoms with Gasteiger partial charge in [-0.1, -0.05) is 15.9 Å². The Morgan fingerprint density at radius 1 is 1.38 bits per heavy atom. The van der Waals surface area contributed by atoms with Crippen LogP contribution < -0.4 is 4.90 Å². The van der Waals surface area contributed by atoms with E-state index in [9.17, 15) is 13.6 Å². The predicted molar refractivity (Wildman–Crippen MR) is 63.7 cm³/mol. The normalized spacial score (nSPS) is 20.6. The number of rotatable bonds is 1. The molecule has 1 saturated heterocycles. The molecule has 2 rings (SSSR count). The molecule has 0 bridgehead atoms. The van der Waals surface area contributed by atoms with Crippen LogP contribution in [0.3, 0.4) is 0 Å². The number of carbonyl (C=O) groups is 1. The lowest BCUT2D eigenvalue weighted by Crippen LogP contribution is -2.26. The molecule has 6 heteroatoms. The highest BCUT2D eigenvalue weighted by Gasteiger charge is 2.31. The highest BCUT2D eigenvalue weighted by Crippen LogP contribution is 2.34. The van der Waals surface area contributed by atoms with Crippen molar-refractivity contribution in [3.63, 3.8) is 0 Å². The van der Waals surface area contributed by atoms with Gasteiger partial charge < -0.3 is 4.90 Å². The van der Waals surface area contributed by atoms with E-state index < -0.39 is 11.6 Å². The lowest BCUT2D eigenvalue weighted by molar-refractivity contribution is -0.117. The standard InChI is InChI=1S/C10H7Br2F2NO/c11-5-1-9(16)15(4-5)10-7(12)2-6(13)3-8(10)14/h2-3,5H,1,4H2. The average molecular weight is 355 g/mol. The fourth-order valence-electron chi connectivity index (χ4n) is 1.67. The first-order valence-electron chi connectivity index (χ1n) is 4.58. The van der Waals surface area contributed by atoms with Crippen LogP contribution in [0, 0.1) is 11.6 Å². The molecule has 1 unspecified atom stereocenters. The number of alkyl halides is 1. The molecular formula is C10H7Br2F2NO. The molecule has 1 aromatic rings. The molecule has 0 aliphatic carbocycles. The van der Waals surface area contributed by atoms with Crippen LogP contribution >= 0.6 is 31.9 Å². The van der Waals surface area contributed by atoms with Crippen molar-refractivity contribution in [2.45, 2.75) is 11.2 Å². The molecule has 0 N–H and O–H groups in total. The van der Waals surface area contributed by atoms with Crippen LogP contribution in [0.1, 0.15) is 6.42 Å². The Morgan fingerprint density at radius 2 is 2.06 bits per heavy atom. The summed E-state index contributed by atoms with van der Waals surface area (Å²) in [6, 6.07) is 1.92. The Balaban J connectivity index is 2.44. The van der Waals surface area contributed by atoms with E-state index in [0.717, 1.165) is 12.1 Å². The van der Waals surface area contributed by atoms with Crippen LogP contribution in [0.4, 0.5) is 14.5 Å². The molecule has 1 aliphatic rings. The van der Waals surface area contributed by atoms with E-state index in [1.165, 1.54) is 4.90 Å². The lowest BCUT2D eigenvalue weighted by atomic mass is 10.2. The summed E-state index contributed by atoms with van der Waals surface area (Å²) >= 11 is 6.37. The Labute approximate surface area is 108 Å². The molecule has 0 saturated carbocycles. The maximum absolute atomic E-state index is 13.6. The number of anilines is 1. The molecule has 0 aromatic heterocycles.